The molecule has 1 unspecified atom stereocenters. The minimum absolute atomic E-state index is 0.0338. The number of aromatic nitrogens is 1. The van der Waals surface area contributed by atoms with Crippen LogP contribution in [0.4, 0.5) is 0 Å². The lowest BCUT2D eigenvalue weighted by molar-refractivity contribution is 0.0663. The lowest BCUT2D eigenvalue weighted by Gasteiger charge is -2.37. The van der Waals surface area contributed by atoms with Crippen molar-refractivity contribution >= 4 is 5.91 Å². The third-order valence-electron chi connectivity index (χ3n) is 5.01. The third kappa shape index (κ3) is 3.16. The monoisotopic (exact) mass is 362 g/mol. The van der Waals surface area contributed by atoms with Gasteiger partial charge in [0.25, 0.3) is 5.91 Å². The Morgan fingerprint density at radius 3 is 2.30 bits per heavy atom. The lowest BCUT2D eigenvalue weighted by atomic mass is 9.99. The summed E-state index contributed by atoms with van der Waals surface area (Å²) in [6, 6.07) is 19.4. The van der Waals surface area contributed by atoms with E-state index in [9.17, 15) is 4.79 Å². The van der Waals surface area contributed by atoms with E-state index in [0.29, 0.717) is 23.6 Å². The van der Waals surface area contributed by atoms with E-state index in [2.05, 4.69) is 29.0 Å². The highest BCUT2D eigenvalue weighted by Crippen LogP contribution is 2.34. The van der Waals surface area contributed by atoms with Crippen LogP contribution in [-0.2, 0) is 6.54 Å². The second-order valence-electron chi connectivity index (χ2n) is 6.54. The molecule has 5 nitrogen and oxygen atoms in total. The Bertz CT molecular complexity index is 927. The zero-order chi connectivity index (χ0) is 18.8. The van der Waals surface area contributed by atoms with Crippen LogP contribution in [-0.4, -0.2) is 36.1 Å². The number of hydrogen-bond acceptors (Lipinski definition) is 3. The molecule has 4 rings (SSSR count). The molecule has 0 saturated heterocycles. The van der Waals surface area contributed by atoms with E-state index in [4.69, 9.17) is 9.47 Å². The first-order valence-corrected chi connectivity index (χ1v) is 8.95. The molecule has 138 valence electrons. The molecular weight excluding hydrogens is 340 g/mol. The highest BCUT2D eigenvalue weighted by Gasteiger charge is 2.32. The molecule has 1 atom stereocenters. The molecule has 1 amide bonds. The molecule has 0 N–H and O–H groups in total. The van der Waals surface area contributed by atoms with Gasteiger partial charge >= 0.3 is 0 Å². The quantitative estimate of drug-likeness (QED) is 0.710. The number of ether oxygens (including phenoxy) is 2. The van der Waals surface area contributed by atoms with Crippen LogP contribution in [0.25, 0.3) is 0 Å². The lowest BCUT2D eigenvalue weighted by Crippen LogP contribution is -2.42. The van der Waals surface area contributed by atoms with Crippen LogP contribution >= 0.6 is 0 Å². The average Bonchev–Trinajstić information content (AvgIpc) is 3.21. The predicted molar refractivity (Wildman–Crippen MR) is 103 cm³/mol. The van der Waals surface area contributed by atoms with Crippen LogP contribution in [0.3, 0.4) is 0 Å². The summed E-state index contributed by atoms with van der Waals surface area (Å²) in [5.41, 5.74) is 2.78. The van der Waals surface area contributed by atoms with Gasteiger partial charge in [0.1, 0.15) is 11.5 Å². The number of carbonyl (C=O) groups is 1. The fourth-order valence-corrected chi connectivity index (χ4v) is 3.68. The van der Waals surface area contributed by atoms with E-state index in [1.54, 1.807) is 32.4 Å². The number of carbonyl (C=O) groups excluding carboxylic acids is 1. The number of nitrogens with zero attached hydrogens (tertiary/aromatic N) is 2. The summed E-state index contributed by atoms with van der Waals surface area (Å²) in [5.74, 6) is 1.18. The summed E-state index contributed by atoms with van der Waals surface area (Å²) in [7, 11) is 3.17. The Morgan fingerprint density at radius 2 is 1.63 bits per heavy atom. The maximum absolute atomic E-state index is 13.5. The number of hydrogen-bond donors (Lipinski definition) is 0. The maximum atomic E-state index is 13.5. The van der Waals surface area contributed by atoms with Gasteiger partial charge in [0.15, 0.2) is 0 Å². The SMILES string of the molecule is COc1cc(OC)cc(C(=O)N2CCn3cccc3C2c2ccccc2)c1. The Labute approximate surface area is 158 Å². The van der Waals surface area contributed by atoms with Gasteiger partial charge in [-0.05, 0) is 29.8 Å². The van der Waals surface area contributed by atoms with E-state index in [1.807, 2.05) is 29.2 Å². The van der Waals surface area contributed by atoms with Gasteiger partial charge in [0.2, 0.25) is 0 Å². The largest absolute Gasteiger partial charge is 0.497 e. The minimum Gasteiger partial charge on any atom is -0.497 e. The van der Waals surface area contributed by atoms with Crippen LogP contribution in [0.5, 0.6) is 11.5 Å². The number of benzene rings is 2. The molecular formula is C22H22N2O3. The summed E-state index contributed by atoms with van der Waals surface area (Å²) >= 11 is 0. The molecule has 0 radical (unpaired) electrons. The van der Waals surface area contributed by atoms with Crippen LogP contribution in [0.15, 0.2) is 66.9 Å². The Balaban J connectivity index is 1.77. The first-order valence-electron chi connectivity index (χ1n) is 8.95. The van der Waals surface area contributed by atoms with Crippen LogP contribution < -0.4 is 9.47 Å². The molecule has 2 heterocycles. The van der Waals surface area contributed by atoms with Crippen molar-refractivity contribution in [2.45, 2.75) is 12.6 Å². The van der Waals surface area contributed by atoms with Crippen molar-refractivity contribution in [2.75, 3.05) is 20.8 Å². The van der Waals surface area contributed by atoms with E-state index in [1.165, 1.54) is 0 Å². The normalized spacial score (nSPS) is 15.9. The molecule has 2 aromatic carbocycles. The minimum atomic E-state index is -0.125. The van der Waals surface area contributed by atoms with Gasteiger partial charge in [-0.25, -0.2) is 0 Å². The van der Waals surface area contributed by atoms with Gasteiger partial charge in [0, 0.05) is 36.6 Å². The van der Waals surface area contributed by atoms with E-state index < -0.39 is 0 Å². The summed E-state index contributed by atoms with van der Waals surface area (Å²) in [5, 5.41) is 0. The fraction of sp³-hybridized carbons (Fsp3) is 0.227. The first kappa shape index (κ1) is 17.2. The van der Waals surface area contributed by atoms with Gasteiger partial charge in [-0.1, -0.05) is 30.3 Å². The van der Waals surface area contributed by atoms with Gasteiger partial charge in [-0.15, -0.1) is 0 Å². The Hall–Kier alpha value is -3.21. The van der Waals surface area contributed by atoms with Gasteiger partial charge in [-0.2, -0.15) is 0 Å². The number of rotatable bonds is 4. The molecule has 0 fully saturated rings. The number of methoxy groups -OCH3 is 2. The summed E-state index contributed by atoms with van der Waals surface area (Å²) in [6.07, 6.45) is 2.07. The van der Waals surface area contributed by atoms with Gasteiger partial charge in [0.05, 0.1) is 20.3 Å². The van der Waals surface area contributed by atoms with Crippen molar-refractivity contribution in [1.82, 2.24) is 9.47 Å². The number of amides is 1. The summed E-state index contributed by atoms with van der Waals surface area (Å²) in [4.78, 5) is 15.4. The van der Waals surface area contributed by atoms with Gasteiger partial charge in [-0.3, -0.25) is 4.79 Å². The van der Waals surface area contributed by atoms with E-state index in [0.717, 1.165) is 17.8 Å². The van der Waals surface area contributed by atoms with Crippen LogP contribution in [0, 0.1) is 0 Å². The predicted octanol–water partition coefficient (Wildman–Crippen LogP) is 3.75. The van der Waals surface area contributed by atoms with Crippen LogP contribution in [0.1, 0.15) is 27.7 Å². The topological polar surface area (TPSA) is 43.7 Å². The Morgan fingerprint density at radius 1 is 0.926 bits per heavy atom. The Kier molecular flexibility index (Phi) is 4.59. The standard InChI is InChI=1S/C22H22N2O3/c1-26-18-13-17(14-19(15-18)27-2)22(25)24-12-11-23-10-6-9-20(23)21(24)16-7-4-3-5-8-16/h3-10,13-15,21H,11-12H2,1-2H3. The second kappa shape index (κ2) is 7.19. The smallest absolute Gasteiger partial charge is 0.255 e. The molecule has 1 aromatic heterocycles. The molecule has 5 heteroatoms. The third-order valence-corrected chi connectivity index (χ3v) is 5.01. The molecule has 0 bridgehead atoms. The molecule has 27 heavy (non-hydrogen) atoms. The second-order valence-corrected chi connectivity index (χ2v) is 6.54. The molecule has 1 aliphatic heterocycles. The van der Waals surface area contributed by atoms with E-state index >= 15 is 0 Å². The summed E-state index contributed by atoms with van der Waals surface area (Å²) in [6.45, 7) is 1.41. The van der Waals surface area contributed by atoms with Crippen molar-refractivity contribution in [3.05, 3.63) is 83.7 Å². The molecule has 3 aromatic rings. The fourth-order valence-electron chi connectivity index (χ4n) is 3.68. The van der Waals surface area contributed by atoms with E-state index in [-0.39, 0.29) is 11.9 Å². The number of fused-ring (bicyclic) bond motifs is 1. The molecule has 0 saturated carbocycles. The van der Waals surface area contributed by atoms with Crippen molar-refractivity contribution in [1.29, 1.82) is 0 Å². The highest BCUT2D eigenvalue weighted by atomic mass is 16.5. The molecule has 0 spiro atoms. The maximum Gasteiger partial charge on any atom is 0.255 e. The zero-order valence-electron chi connectivity index (χ0n) is 15.5. The van der Waals surface area contributed by atoms with Crippen molar-refractivity contribution in [3.63, 3.8) is 0 Å². The van der Waals surface area contributed by atoms with Crippen molar-refractivity contribution in [3.8, 4) is 11.5 Å². The van der Waals surface area contributed by atoms with Crippen molar-refractivity contribution in [2.24, 2.45) is 0 Å². The molecule has 1 aliphatic rings. The molecule has 0 aliphatic carbocycles. The highest BCUT2D eigenvalue weighted by molar-refractivity contribution is 5.95. The summed E-state index contributed by atoms with van der Waals surface area (Å²) < 4.78 is 12.9. The van der Waals surface area contributed by atoms with Gasteiger partial charge < -0.3 is 18.9 Å². The zero-order valence-corrected chi connectivity index (χ0v) is 15.5. The van der Waals surface area contributed by atoms with Crippen molar-refractivity contribution < 1.29 is 14.3 Å². The van der Waals surface area contributed by atoms with Crippen LogP contribution in [0.2, 0.25) is 0 Å². The first-order chi connectivity index (χ1) is 13.2. The average molecular weight is 362 g/mol.